The van der Waals surface area contributed by atoms with E-state index in [-0.39, 0.29) is 0 Å². The Morgan fingerprint density at radius 1 is 0.846 bits per heavy atom. The first-order chi connectivity index (χ1) is 12.0. The van der Waals surface area contributed by atoms with Gasteiger partial charge in [0.15, 0.2) is 0 Å². The molecule has 2 amide bonds. The highest BCUT2D eigenvalue weighted by atomic mass is 19.1. The molecule has 0 atom stereocenters. The Balaban J connectivity index is 2.23. The molecule has 4 nitrogen and oxygen atoms in total. The topological polar surface area (TPSA) is 58.2 Å². The van der Waals surface area contributed by atoms with Crippen molar-refractivity contribution >= 4 is 23.2 Å². The second-order valence-corrected chi connectivity index (χ2v) is 6.90. The Morgan fingerprint density at radius 2 is 1.27 bits per heavy atom. The van der Waals surface area contributed by atoms with Gasteiger partial charge in [0.25, 0.3) is 0 Å². The van der Waals surface area contributed by atoms with Crippen molar-refractivity contribution < 1.29 is 18.4 Å². The molecule has 2 aromatic rings. The molecule has 0 heterocycles. The van der Waals surface area contributed by atoms with Gasteiger partial charge in [0.1, 0.15) is 22.7 Å². The molecule has 6 heteroatoms. The quantitative estimate of drug-likeness (QED) is 0.789. The van der Waals surface area contributed by atoms with Gasteiger partial charge in [0.2, 0.25) is 11.8 Å². The van der Waals surface area contributed by atoms with Gasteiger partial charge in [-0.15, -0.1) is 0 Å². The van der Waals surface area contributed by atoms with E-state index >= 15 is 0 Å². The van der Waals surface area contributed by atoms with Crippen molar-refractivity contribution in [2.45, 2.75) is 34.6 Å². The van der Waals surface area contributed by atoms with Crippen LogP contribution in [0.1, 0.15) is 30.5 Å². The van der Waals surface area contributed by atoms with E-state index in [1.807, 2.05) is 32.9 Å². The minimum Gasteiger partial charge on any atom is -0.325 e. The molecule has 138 valence electrons. The lowest BCUT2D eigenvalue weighted by Gasteiger charge is -2.24. The van der Waals surface area contributed by atoms with E-state index in [1.54, 1.807) is 0 Å². The number of para-hydroxylation sites is 1. The number of amides is 2. The van der Waals surface area contributed by atoms with Crippen LogP contribution in [0.2, 0.25) is 0 Å². The van der Waals surface area contributed by atoms with Crippen LogP contribution in [-0.2, 0) is 9.59 Å². The van der Waals surface area contributed by atoms with Crippen LogP contribution < -0.4 is 10.6 Å². The minimum atomic E-state index is -1.54. The van der Waals surface area contributed by atoms with Gasteiger partial charge in [0, 0.05) is 5.69 Å². The second kappa shape index (κ2) is 7.23. The summed E-state index contributed by atoms with van der Waals surface area (Å²) in [4.78, 5) is 25.2. The van der Waals surface area contributed by atoms with Crippen molar-refractivity contribution in [1.29, 1.82) is 0 Å². The molecular weight excluding hydrogens is 338 g/mol. The van der Waals surface area contributed by atoms with Gasteiger partial charge >= 0.3 is 0 Å². The summed E-state index contributed by atoms with van der Waals surface area (Å²) in [5.41, 5.74) is 1.31. The van der Waals surface area contributed by atoms with Gasteiger partial charge in [-0.3, -0.25) is 9.59 Å². The molecule has 0 unspecified atom stereocenters. The van der Waals surface area contributed by atoms with Crippen LogP contribution in [0.3, 0.4) is 0 Å². The Morgan fingerprint density at radius 3 is 1.73 bits per heavy atom. The van der Waals surface area contributed by atoms with Crippen molar-refractivity contribution in [3.8, 4) is 0 Å². The summed E-state index contributed by atoms with van der Waals surface area (Å²) in [6.07, 6.45) is 0. The van der Waals surface area contributed by atoms with Crippen LogP contribution in [0.4, 0.5) is 20.2 Å². The highest BCUT2D eigenvalue weighted by Crippen LogP contribution is 2.27. The number of benzene rings is 2. The first-order valence-electron chi connectivity index (χ1n) is 8.18. The zero-order valence-electron chi connectivity index (χ0n) is 15.5. The van der Waals surface area contributed by atoms with Crippen LogP contribution in [0.25, 0.3) is 0 Å². The third-order valence-corrected chi connectivity index (χ3v) is 4.25. The number of hydrogen-bond acceptors (Lipinski definition) is 2. The summed E-state index contributed by atoms with van der Waals surface area (Å²) in [5.74, 6) is -3.18. The zero-order valence-corrected chi connectivity index (χ0v) is 15.5. The molecule has 0 saturated heterocycles. The van der Waals surface area contributed by atoms with Crippen molar-refractivity contribution in [3.63, 3.8) is 0 Å². The third kappa shape index (κ3) is 3.90. The maximum atomic E-state index is 13.7. The molecule has 0 aliphatic heterocycles. The van der Waals surface area contributed by atoms with E-state index in [9.17, 15) is 18.4 Å². The average Bonchev–Trinajstić information content (AvgIpc) is 2.53. The number of carbonyl (C=O) groups excluding carboxylic acids is 2. The van der Waals surface area contributed by atoms with Crippen LogP contribution in [-0.4, -0.2) is 11.8 Å². The fourth-order valence-corrected chi connectivity index (χ4v) is 2.64. The summed E-state index contributed by atoms with van der Waals surface area (Å²) < 4.78 is 27.5. The fourth-order valence-electron chi connectivity index (χ4n) is 2.64. The predicted molar refractivity (Wildman–Crippen MR) is 98.1 cm³/mol. The highest BCUT2D eigenvalue weighted by Gasteiger charge is 2.37. The first kappa shape index (κ1) is 19.6. The summed E-state index contributed by atoms with van der Waals surface area (Å²) in [6, 6.07) is 7.10. The molecule has 26 heavy (non-hydrogen) atoms. The number of halogens is 2. The maximum Gasteiger partial charge on any atom is 0.239 e. The molecule has 2 N–H and O–H groups in total. The largest absolute Gasteiger partial charge is 0.325 e. The van der Waals surface area contributed by atoms with Gasteiger partial charge in [-0.25, -0.2) is 8.78 Å². The molecule has 0 bridgehead atoms. The van der Waals surface area contributed by atoms with Gasteiger partial charge < -0.3 is 10.6 Å². The zero-order chi connectivity index (χ0) is 19.6. The Hall–Kier alpha value is -2.76. The van der Waals surface area contributed by atoms with Crippen LogP contribution in [0.15, 0.2) is 30.3 Å². The Labute approximate surface area is 151 Å². The lowest BCUT2D eigenvalue weighted by atomic mass is 9.90. The van der Waals surface area contributed by atoms with Crippen molar-refractivity contribution in [1.82, 2.24) is 0 Å². The Kier molecular flexibility index (Phi) is 5.44. The molecule has 0 saturated carbocycles. The summed E-state index contributed by atoms with van der Waals surface area (Å²) >= 11 is 0. The van der Waals surface area contributed by atoms with Crippen molar-refractivity contribution in [3.05, 3.63) is 58.7 Å². The monoisotopic (exact) mass is 360 g/mol. The lowest BCUT2D eigenvalue weighted by Crippen LogP contribution is -2.42. The minimum absolute atomic E-state index is 0.568. The molecule has 0 aliphatic carbocycles. The fraction of sp³-hybridized carbons (Fsp3) is 0.300. The summed E-state index contributed by atoms with van der Waals surface area (Å²) in [5, 5.41) is 4.93. The highest BCUT2D eigenvalue weighted by molar-refractivity contribution is 6.14. The molecular formula is C20H22F2N2O2. The smallest absolute Gasteiger partial charge is 0.239 e. The second-order valence-electron chi connectivity index (χ2n) is 6.90. The maximum absolute atomic E-state index is 13.7. The molecule has 0 spiro atoms. The summed E-state index contributed by atoms with van der Waals surface area (Å²) in [6.45, 7) is 8.46. The number of anilines is 2. The van der Waals surface area contributed by atoms with Gasteiger partial charge in [0.05, 0.1) is 0 Å². The van der Waals surface area contributed by atoms with E-state index in [4.69, 9.17) is 0 Å². The molecule has 0 aromatic heterocycles. The molecule has 2 aromatic carbocycles. The third-order valence-electron chi connectivity index (χ3n) is 4.25. The van der Waals surface area contributed by atoms with Crippen LogP contribution in [0.5, 0.6) is 0 Å². The van der Waals surface area contributed by atoms with Crippen molar-refractivity contribution in [2.24, 2.45) is 5.41 Å². The number of carbonyl (C=O) groups is 2. The molecule has 0 radical (unpaired) electrons. The molecule has 0 fully saturated rings. The van der Waals surface area contributed by atoms with E-state index in [0.717, 1.165) is 28.8 Å². The van der Waals surface area contributed by atoms with Gasteiger partial charge in [-0.05, 0) is 57.9 Å². The number of hydrogen-bond donors (Lipinski definition) is 2. The SMILES string of the molecule is Cc1cc(C)c(NC(=O)C(C)(C)C(=O)Nc2c(F)cccc2F)c(C)c1. The molecule has 0 aliphatic rings. The summed E-state index contributed by atoms with van der Waals surface area (Å²) in [7, 11) is 0. The first-order valence-corrected chi connectivity index (χ1v) is 8.18. The number of rotatable bonds is 4. The van der Waals surface area contributed by atoms with E-state index < -0.39 is 34.6 Å². The lowest BCUT2D eigenvalue weighted by molar-refractivity contribution is -0.135. The van der Waals surface area contributed by atoms with Gasteiger partial charge in [-0.1, -0.05) is 23.8 Å². The van der Waals surface area contributed by atoms with E-state index in [1.165, 1.54) is 19.9 Å². The standard InChI is InChI=1S/C20H22F2N2O2/c1-11-9-12(2)16(13(3)10-11)23-18(25)20(4,5)19(26)24-17-14(21)7-6-8-15(17)22/h6-10H,1-5H3,(H,23,25)(H,24,26). The van der Waals surface area contributed by atoms with E-state index in [0.29, 0.717) is 5.69 Å². The average molecular weight is 360 g/mol. The van der Waals surface area contributed by atoms with E-state index in [2.05, 4.69) is 10.6 Å². The van der Waals surface area contributed by atoms with Crippen LogP contribution >= 0.6 is 0 Å². The number of nitrogens with one attached hydrogen (secondary N) is 2. The van der Waals surface area contributed by atoms with Crippen LogP contribution in [0, 0.1) is 37.8 Å². The predicted octanol–water partition coefficient (Wildman–Crippen LogP) is 4.49. The molecule has 2 rings (SSSR count). The van der Waals surface area contributed by atoms with Gasteiger partial charge in [-0.2, -0.15) is 0 Å². The Bertz CT molecular complexity index is 833. The number of aryl methyl sites for hydroxylation is 3. The normalized spacial score (nSPS) is 11.2. The van der Waals surface area contributed by atoms with Crippen molar-refractivity contribution in [2.75, 3.05) is 10.6 Å².